The average molecular weight is 262 g/mol. The molecule has 1 aliphatic carbocycles. The van der Waals surface area contributed by atoms with Crippen LogP contribution in [0.2, 0.25) is 0 Å². The first-order valence-electron chi connectivity index (χ1n) is 6.52. The summed E-state index contributed by atoms with van der Waals surface area (Å²) in [6, 6.07) is 0. The van der Waals surface area contributed by atoms with E-state index in [-0.39, 0.29) is 17.9 Å². The Hall–Kier alpha value is -0.180. The smallest absolute Gasteiger partial charge is 0.309 e. The molecule has 4 nitrogen and oxygen atoms in total. The van der Waals surface area contributed by atoms with Gasteiger partial charge in [0, 0.05) is 5.92 Å². The van der Waals surface area contributed by atoms with Crippen LogP contribution in [-0.4, -0.2) is 25.2 Å². The fourth-order valence-corrected chi connectivity index (χ4v) is 3.95. The number of hydrogen-bond acceptors (Lipinski definition) is 4. The van der Waals surface area contributed by atoms with Crippen molar-refractivity contribution in [2.45, 2.75) is 46.0 Å². The standard InChI is InChI=1S/C12H23O4P/c1-3-15-17(14,16-4-2)10-12(13)11-8-6-5-7-9-11/h11H,3-10H2,1-2H3. The van der Waals surface area contributed by atoms with Gasteiger partial charge in [0.05, 0.1) is 13.2 Å². The SMILES string of the molecule is CCOP(=O)(CC(=O)C1CCCCC1)OCC. The molecular weight excluding hydrogens is 239 g/mol. The number of carbonyl (C=O) groups is 1. The summed E-state index contributed by atoms with van der Waals surface area (Å²) in [5, 5.41) is 0. The van der Waals surface area contributed by atoms with E-state index in [9.17, 15) is 9.36 Å². The number of rotatable bonds is 7. The number of hydrogen-bond donors (Lipinski definition) is 0. The van der Waals surface area contributed by atoms with E-state index in [2.05, 4.69) is 0 Å². The molecule has 1 aliphatic rings. The summed E-state index contributed by atoms with van der Waals surface area (Å²) < 4.78 is 22.5. The lowest BCUT2D eigenvalue weighted by Gasteiger charge is -2.22. The Bertz CT molecular complexity index is 274. The van der Waals surface area contributed by atoms with Crippen molar-refractivity contribution in [3.05, 3.63) is 0 Å². The molecule has 0 heterocycles. The van der Waals surface area contributed by atoms with Crippen molar-refractivity contribution in [3.63, 3.8) is 0 Å². The Morgan fingerprint density at radius 2 is 1.65 bits per heavy atom. The zero-order chi connectivity index (χ0) is 12.7. The van der Waals surface area contributed by atoms with Crippen LogP contribution in [-0.2, 0) is 18.4 Å². The predicted octanol–water partition coefficient (Wildman–Crippen LogP) is 3.40. The quantitative estimate of drug-likeness (QED) is 0.660. The third kappa shape index (κ3) is 4.90. The van der Waals surface area contributed by atoms with Gasteiger partial charge in [0.15, 0.2) is 0 Å². The minimum absolute atomic E-state index is 0.0509. The molecule has 0 amide bonds. The van der Waals surface area contributed by atoms with Crippen molar-refractivity contribution in [1.82, 2.24) is 0 Å². The lowest BCUT2D eigenvalue weighted by atomic mass is 9.87. The highest BCUT2D eigenvalue weighted by Gasteiger charge is 2.31. The summed E-state index contributed by atoms with van der Waals surface area (Å²) in [6.45, 7) is 4.15. The molecule has 0 radical (unpaired) electrons. The van der Waals surface area contributed by atoms with Crippen molar-refractivity contribution in [2.75, 3.05) is 19.4 Å². The second-order valence-electron chi connectivity index (χ2n) is 4.41. The molecule has 0 aromatic rings. The molecule has 0 atom stereocenters. The molecule has 0 saturated heterocycles. The highest BCUT2D eigenvalue weighted by molar-refractivity contribution is 7.54. The maximum absolute atomic E-state index is 12.2. The van der Waals surface area contributed by atoms with E-state index in [1.165, 1.54) is 6.42 Å². The molecule has 5 heteroatoms. The van der Waals surface area contributed by atoms with Crippen molar-refractivity contribution >= 4 is 13.4 Å². The van der Waals surface area contributed by atoms with E-state index in [0.29, 0.717) is 13.2 Å². The summed E-state index contributed by atoms with van der Waals surface area (Å²) >= 11 is 0. The van der Waals surface area contributed by atoms with Crippen molar-refractivity contribution in [1.29, 1.82) is 0 Å². The molecule has 0 aliphatic heterocycles. The summed E-state index contributed by atoms with van der Waals surface area (Å²) in [5.74, 6) is 0.118. The van der Waals surface area contributed by atoms with Gasteiger partial charge in [-0.25, -0.2) is 0 Å². The van der Waals surface area contributed by atoms with E-state index in [1.54, 1.807) is 13.8 Å². The molecule has 0 N–H and O–H groups in total. The van der Waals surface area contributed by atoms with Gasteiger partial charge in [-0.1, -0.05) is 19.3 Å². The van der Waals surface area contributed by atoms with Gasteiger partial charge in [-0.05, 0) is 26.7 Å². The first-order valence-corrected chi connectivity index (χ1v) is 8.25. The molecule has 1 fully saturated rings. The molecular formula is C12H23O4P. The maximum Gasteiger partial charge on any atom is 0.338 e. The van der Waals surface area contributed by atoms with Crippen LogP contribution < -0.4 is 0 Å². The number of Topliss-reactive ketones (excluding diaryl/α,β-unsaturated/α-hetero) is 1. The summed E-state index contributed by atoms with van der Waals surface area (Å²) in [6.07, 6.45) is 5.21. The Balaban J connectivity index is 2.53. The van der Waals surface area contributed by atoms with Crippen molar-refractivity contribution < 1.29 is 18.4 Å². The highest BCUT2D eigenvalue weighted by Crippen LogP contribution is 2.48. The fraction of sp³-hybridized carbons (Fsp3) is 0.917. The summed E-state index contributed by atoms with van der Waals surface area (Å²) in [7, 11) is -3.19. The highest BCUT2D eigenvalue weighted by atomic mass is 31.2. The zero-order valence-corrected chi connectivity index (χ0v) is 11.7. The van der Waals surface area contributed by atoms with Crippen LogP contribution >= 0.6 is 7.60 Å². The maximum atomic E-state index is 12.2. The first kappa shape index (κ1) is 14.9. The molecule has 0 spiro atoms. The van der Waals surface area contributed by atoms with Crippen LogP contribution in [0.3, 0.4) is 0 Å². The average Bonchev–Trinajstić information content (AvgIpc) is 2.30. The van der Waals surface area contributed by atoms with E-state index in [0.717, 1.165) is 25.7 Å². The van der Waals surface area contributed by atoms with Gasteiger partial charge in [0.1, 0.15) is 11.9 Å². The van der Waals surface area contributed by atoms with Crippen LogP contribution in [0.1, 0.15) is 46.0 Å². The van der Waals surface area contributed by atoms with Gasteiger partial charge < -0.3 is 9.05 Å². The monoisotopic (exact) mass is 262 g/mol. The second kappa shape index (κ2) is 7.30. The molecule has 0 aromatic carbocycles. The summed E-state index contributed by atoms with van der Waals surface area (Å²) in [5.41, 5.74) is 0. The minimum Gasteiger partial charge on any atom is -0.309 e. The van der Waals surface area contributed by atoms with E-state index in [1.807, 2.05) is 0 Å². The molecule has 100 valence electrons. The van der Waals surface area contributed by atoms with Crippen LogP contribution in [0, 0.1) is 5.92 Å². The normalized spacial score (nSPS) is 18.2. The zero-order valence-electron chi connectivity index (χ0n) is 10.8. The molecule has 1 saturated carbocycles. The number of ketones is 1. The third-order valence-corrected chi connectivity index (χ3v) is 5.06. The fourth-order valence-electron chi connectivity index (χ4n) is 2.27. The Kier molecular flexibility index (Phi) is 6.39. The Labute approximate surface area is 104 Å². The molecule has 17 heavy (non-hydrogen) atoms. The Morgan fingerprint density at radius 1 is 1.12 bits per heavy atom. The van der Waals surface area contributed by atoms with Gasteiger partial charge in [-0.15, -0.1) is 0 Å². The van der Waals surface area contributed by atoms with Gasteiger partial charge in [-0.3, -0.25) is 9.36 Å². The molecule has 0 bridgehead atoms. The molecule has 0 aromatic heterocycles. The molecule has 1 rings (SSSR count). The minimum atomic E-state index is -3.19. The van der Waals surface area contributed by atoms with Crippen molar-refractivity contribution in [3.8, 4) is 0 Å². The third-order valence-electron chi connectivity index (χ3n) is 3.06. The number of carbonyl (C=O) groups excluding carboxylic acids is 1. The lowest BCUT2D eigenvalue weighted by Crippen LogP contribution is -2.22. The van der Waals surface area contributed by atoms with Crippen LogP contribution in [0.15, 0.2) is 0 Å². The Morgan fingerprint density at radius 3 is 2.12 bits per heavy atom. The lowest BCUT2D eigenvalue weighted by molar-refractivity contribution is -0.121. The first-order chi connectivity index (χ1) is 8.11. The van der Waals surface area contributed by atoms with E-state index < -0.39 is 7.60 Å². The van der Waals surface area contributed by atoms with Crippen molar-refractivity contribution in [2.24, 2.45) is 5.92 Å². The van der Waals surface area contributed by atoms with Gasteiger partial charge in [0.25, 0.3) is 0 Å². The van der Waals surface area contributed by atoms with Gasteiger partial charge in [0.2, 0.25) is 0 Å². The summed E-state index contributed by atoms with van der Waals surface area (Å²) in [4.78, 5) is 12.0. The van der Waals surface area contributed by atoms with E-state index >= 15 is 0 Å². The largest absolute Gasteiger partial charge is 0.338 e. The van der Waals surface area contributed by atoms with Crippen LogP contribution in [0.4, 0.5) is 0 Å². The second-order valence-corrected chi connectivity index (χ2v) is 6.46. The van der Waals surface area contributed by atoms with Crippen LogP contribution in [0.25, 0.3) is 0 Å². The van der Waals surface area contributed by atoms with E-state index in [4.69, 9.17) is 9.05 Å². The van der Waals surface area contributed by atoms with Gasteiger partial charge in [-0.2, -0.15) is 0 Å². The predicted molar refractivity (Wildman–Crippen MR) is 67.3 cm³/mol. The molecule has 0 unspecified atom stereocenters. The topological polar surface area (TPSA) is 52.6 Å². The van der Waals surface area contributed by atoms with Gasteiger partial charge >= 0.3 is 7.60 Å². The van der Waals surface area contributed by atoms with Crippen LogP contribution in [0.5, 0.6) is 0 Å².